The summed E-state index contributed by atoms with van der Waals surface area (Å²) in [6, 6.07) is 15.3. The van der Waals surface area contributed by atoms with Crippen molar-refractivity contribution in [3.8, 4) is 0 Å². The Balaban J connectivity index is 0.00000169. The van der Waals surface area contributed by atoms with Crippen LogP contribution < -0.4 is 4.90 Å². The van der Waals surface area contributed by atoms with Crippen LogP contribution in [0.4, 0.5) is 5.69 Å². The van der Waals surface area contributed by atoms with Crippen molar-refractivity contribution in [3.05, 3.63) is 77.5 Å². The van der Waals surface area contributed by atoms with E-state index in [4.69, 9.17) is 0 Å². The summed E-state index contributed by atoms with van der Waals surface area (Å²) >= 11 is 0. The quantitative estimate of drug-likeness (QED) is 0.635. The normalized spacial score (nSPS) is 13.7. The lowest BCUT2D eigenvalue weighted by Crippen LogP contribution is -2.12. The van der Waals surface area contributed by atoms with E-state index in [2.05, 4.69) is 72.8 Å². The first-order valence-corrected chi connectivity index (χ1v) is 8.11. The van der Waals surface area contributed by atoms with Crippen molar-refractivity contribution in [3.63, 3.8) is 0 Å². The van der Waals surface area contributed by atoms with Crippen molar-refractivity contribution < 1.29 is 1.43 Å². The van der Waals surface area contributed by atoms with Crippen LogP contribution in [0.25, 0.3) is 16.6 Å². The molecule has 1 aliphatic heterocycles. The van der Waals surface area contributed by atoms with E-state index in [1.54, 1.807) is 0 Å². The molecule has 1 aliphatic rings. The van der Waals surface area contributed by atoms with E-state index in [9.17, 15) is 0 Å². The monoisotopic (exact) mass is 302 g/mol. The molecule has 3 aromatic rings. The number of pyridine rings is 1. The molecule has 2 heterocycles. The van der Waals surface area contributed by atoms with E-state index < -0.39 is 0 Å². The zero-order valence-corrected chi connectivity index (χ0v) is 13.6. The highest BCUT2D eigenvalue weighted by Crippen LogP contribution is 2.37. The molecule has 0 bridgehead atoms. The maximum atomic E-state index is 4.45. The molecular formula is C21H22N2. The van der Waals surface area contributed by atoms with Gasteiger partial charge in [0, 0.05) is 36.5 Å². The molecule has 0 unspecified atom stereocenters. The second kappa shape index (κ2) is 5.24. The summed E-state index contributed by atoms with van der Waals surface area (Å²) in [6.45, 7) is 9.56. The largest absolute Gasteiger partial charge is 0.337 e. The molecule has 0 atom stereocenters. The maximum Gasteiger partial charge on any atom is 0.0706 e. The molecule has 116 valence electrons. The first kappa shape index (κ1) is 14.0. The van der Waals surface area contributed by atoms with Crippen molar-refractivity contribution in [2.75, 3.05) is 4.90 Å². The lowest BCUT2D eigenvalue weighted by molar-refractivity contribution is 1.04. The molecule has 2 aromatic carbocycles. The van der Waals surface area contributed by atoms with Crippen LogP contribution >= 0.6 is 0 Å². The number of aromatic nitrogens is 1. The van der Waals surface area contributed by atoms with Gasteiger partial charge in [-0.3, -0.25) is 4.98 Å². The Morgan fingerprint density at radius 1 is 1.17 bits per heavy atom. The van der Waals surface area contributed by atoms with Crippen LogP contribution in [0.3, 0.4) is 0 Å². The Kier molecular flexibility index (Phi) is 3.19. The van der Waals surface area contributed by atoms with Gasteiger partial charge in [0.25, 0.3) is 0 Å². The van der Waals surface area contributed by atoms with Gasteiger partial charge in [0.15, 0.2) is 0 Å². The smallest absolute Gasteiger partial charge is 0.0706 e. The van der Waals surface area contributed by atoms with E-state index >= 15 is 0 Å². The molecule has 4 rings (SSSR count). The molecule has 0 N–H and O–H groups in total. The van der Waals surface area contributed by atoms with Gasteiger partial charge in [0.2, 0.25) is 0 Å². The standard InChI is InChI=1S/C21H20N2.H2/c1-4-16-5-6-17-13-23(15(3)20(17)11-16)18-7-8-21-19(12-18)14(2)9-10-22-21;/h5-12H,3-4,13H2,1-2H3;1H. The average Bonchev–Trinajstić information content (AvgIpc) is 2.91. The molecular weight excluding hydrogens is 280 g/mol. The fourth-order valence-corrected chi connectivity index (χ4v) is 3.35. The van der Waals surface area contributed by atoms with E-state index in [0.29, 0.717) is 0 Å². The number of aryl methyl sites for hydroxylation is 2. The molecule has 2 nitrogen and oxygen atoms in total. The van der Waals surface area contributed by atoms with Gasteiger partial charge in [0.1, 0.15) is 0 Å². The zero-order chi connectivity index (χ0) is 16.0. The van der Waals surface area contributed by atoms with Gasteiger partial charge in [-0.2, -0.15) is 0 Å². The molecule has 23 heavy (non-hydrogen) atoms. The molecule has 0 saturated carbocycles. The fraction of sp³-hybridized carbons (Fsp3) is 0.190. The highest BCUT2D eigenvalue weighted by molar-refractivity contribution is 5.90. The number of rotatable bonds is 2. The number of hydrogen-bond acceptors (Lipinski definition) is 2. The SMILES string of the molecule is C=C1c2cc(CC)ccc2CN1c1ccc2nccc(C)c2c1.[HH]. The Hall–Kier alpha value is -2.61. The van der Waals surface area contributed by atoms with Crippen LogP contribution in [0.1, 0.15) is 30.6 Å². The van der Waals surface area contributed by atoms with Gasteiger partial charge < -0.3 is 4.90 Å². The maximum absolute atomic E-state index is 4.45. The summed E-state index contributed by atoms with van der Waals surface area (Å²) in [5.41, 5.74) is 8.59. The number of nitrogens with zero attached hydrogens (tertiary/aromatic N) is 2. The molecule has 0 aliphatic carbocycles. The summed E-state index contributed by atoms with van der Waals surface area (Å²) in [5.74, 6) is 0. The summed E-state index contributed by atoms with van der Waals surface area (Å²) in [5, 5.41) is 1.21. The third-order valence-corrected chi connectivity index (χ3v) is 4.80. The molecule has 0 spiro atoms. The van der Waals surface area contributed by atoms with Gasteiger partial charge in [0.05, 0.1) is 5.52 Å². The Morgan fingerprint density at radius 2 is 2.04 bits per heavy atom. The predicted molar refractivity (Wildman–Crippen MR) is 99.6 cm³/mol. The topological polar surface area (TPSA) is 16.1 Å². The van der Waals surface area contributed by atoms with Gasteiger partial charge >= 0.3 is 0 Å². The summed E-state index contributed by atoms with van der Waals surface area (Å²) in [6.07, 6.45) is 2.93. The average molecular weight is 302 g/mol. The summed E-state index contributed by atoms with van der Waals surface area (Å²) in [7, 11) is 0. The van der Waals surface area contributed by atoms with Crippen LogP contribution in [-0.4, -0.2) is 4.98 Å². The van der Waals surface area contributed by atoms with E-state index in [-0.39, 0.29) is 1.43 Å². The number of benzene rings is 2. The molecule has 0 saturated heterocycles. The zero-order valence-electron chi connectivity index (χ0n) is 13.6. The van der Waals surface area contributed by atoms with Crippen molar-refractivity contribution in [2.24, 2.45) is 0 Å². The number of fused-ring (bicyclic) bond motifs is 2. The van der Waals surface area contributed by atoms with Crippen molar-refractivity contribution in [1.29, 1.82) is 0 Å². The van der Waals surface area contributed by atoms with E-state index in [0.717, 1.165) is 24.2 Å². The van der Waals surface area contributed by atoms with Gasteiger partial charge in [-0.1, -0.05) is 25.6 Å². The lowest BCUT2D eigenvalue weighted by atomic mass is 10.0. The van der Waals surface area contributed by atoms with Gasteiger partial charge in [-0.05, 0) is 60.4 Å². The number of hydrogen-bond donors (Lipinski definition) is 0. The van der Waals surface area contributed by atoms with Crippen LogP contribution in [0, 0.1) is 6.92 Å². The highest BCUT2D eigenvalue weighted by Gasteiger charge is 2.23. The predicted octanol–water partition coefficient (Wildman–Crippen LogP) is 5.34. The van der Waals surface area contributed by atoms with Gasteiger partial charge in [-0.15, -0.1) is 0 Å². The lowest BCUT2D eigenvalue weighted by Gasteiger charge is -2.20. The molecule has 0 amide bonds. The second-order valence-corrected chi connectivity index (χ2v) is 6.21. The van der Waals surface area contributed by atoms with E-state index in [1.165, 1.54) is 33.3 Å². The molecule has 1 aromatic heterocycles. The molecule has 0 fully saturated rings. The minimum Gasteiger partial charge on any atom is -0.337 e. The van der Waals surface area contributed by atoms with E-state index in [1.807, 2.05) is 6.20 Å². The van der Waals surface area contributed by atoms with Crippen LogP contribution in [-0.2, 0) is 13.0 Å². The summed E-state index contributed by atoms with van der Waals surface area (Å²) in [4.78, 5) is 6.75. The third-order valence-electron chi connectivity index (χ3n) is 4.80. The number of anilines is 1. The minimum absolute atomic E-state index is 0. The summed E-state index contributed by atoms with van der Waals surface area (Å²) < 4.78 is 0. The first-order chi connectivity index (χ1) is 11.2. The highest BCUT2D eigenvalue weighted by atomic mass is 15.2. The molecule has 2 heteroatoms. The minimum atomic E-state index is 0. The van der Waals surface area contributed by atoms with Crippen molar-refractivity contribution >= 4 is 22.3 Å². The van der Waals surface area contributed by atoms with Crippen LogP contribution in [0.2, 0.25) is 0 Å². The Labute approximate surface area is 138 Å². The first-order valence-electron chi connectivity index (χ1n) is 8.11. The van der Waals surface area contributed by atoms with Crippen LogP contribution in [0.15, 0.2) is 55.2 Å². The fourth-order valence-electron chi connectivity index (χ4n) is 3.35. The van der Waals surface area contributed by atoms with Crippen LogP contribution in [0.5, 0.6) is 0 Å². The van der Waals surface area contributed by atoms with Gasteiger partial charge in [-0.25, -0.2) is 0 Å². The Morgan fingerprint density at radius 3 is 2.87 bits per heavy atom. The second-order valence-electron chi connectivity index (χ2n) is 6.21. The third kappa shape index (κ3) is 2.22. The van der Waals surface area contributed by atoms with Crippen molar-refractivity contribution in [2.45, 2.75) is 26.8 Å². The Bertz CT molecular complexity index is 930. The van der Waals surface area contributed by atoms with Crippen molar-refractivity contribution in [1.82, 2.24) is 4.98 Å². The molecule has 0 radical (unpaired) electrons.